The molecule has 5 rings (SSSR count). The molecule has 2 N–H and O–H groups in total. The molecule has 1 aliphatic rings. The van der Waals surface area contributed by atoms with E-state index >= 15 is 0 Å². The molecular formula is C26H27FN6. The van der Waals surface area contributed by atoms with Gasteiger partial charge in [-0.3, -0.25) is 0 Å². The van der Waals surface area contributed by atoms with Gasteiger partial charge in [0.15, 0.2) is 0 Å². The van der Waals surface area contributed by atoms with Crippen molar-refractivity contribution in [3.05, 3.63) is 78.0 Å². The minimum atomic E-state index is -0.264. The van der Waals surface area contributed by atoms with Crippen molar-refractivity contribution >= 4 is 11.6 Å². The molecule has 33 heavy (non-hydrogen) atoms. The smallest absolute Gasteiger partial charge is 0.227 e. The molecule has 4 aromatic rings. The standard InChI is InChI=1S/C26H27FN6/c1-17-13-18(2)15-21(14-17)31-26-29-12-9-23(32-26)25-24(19-3-5-20(27)6-4-19)30-16-33(25)22-7-10-28-11-8-22/h3-6,9,12-16,22,28H,7-8,10-11H2,1-2H3,(H,29,31,32). The molecule has 0 saturated carbocycles. The second-order valence-corrected chi connectivity index (χ2v) is 8.60. The highest BCUT2D eigenvalue weighted by molar-refractivity contribution is 5.77. The van der Waals surface area contributed by atoms with Crippen LogP contribution in [0.1, 0.15) is 30.0 Å². The zero-order valence-electron chi connectivity index (χ0n) is 18.8. The number of aromatic nitrogens is 4. The van der Waals surface area contributed by atoms with E-state index in [9.17, 15) is 4.39 Å². The van der Waals surface area contributed by atoms with Crippen molar-refractivity contribution < 1.29 is 4.39 Å². The molecule has 0 atom stereocenters. The number of aryl methyl sites for hydroxylation is 2. The second-order valence-electron chi connectivity index (χ2n) is 8.60. The van der Waals surface area contributed by atoms with E-state index in [0.717, 1.165) is 54.3 Å². The fourth-order valence-corrected chi connectivity index (χ4v) is 4.52. The first-order chi connectivity index (χ1) is 16.1. The molecule has 1 saturated heterocycles. The number of piperidine rings is 1. The predicted octanol–water partition coefficient (Wildman–Crippen LogP) is 5.43. The van der Waals surface area contributed by atoms with Gasteiger partial charge in [0.1, 0.15) is 5.82 Å². The number of nitrogens with zero attached hydrogens (tertiary/aromatic N) is 4. The maximum atomic E-state index is 13.6. The summed E-state index contributed by atoms with van der Waals surface area (Å²) >= 11 is 0. The van der Waals surface area contributed by atoms with Gasteiger partial charge in [0.05, 0.1) is 23.4 Å². The van der Waals surface area contributed by atoms with E-state index in [1.165, 1.54) is 23.3 Å². The molecule has 0 unspecified atom stereocenters. The fourth-order valence-electron chi connectivity index (χ4n) is 4.52. The highest BCUT2D eigenvalue weighted by atomic mass is 19.1. The van der Waals surface area contributed by atoms with Gasteiger partial charge >= 0.3 is 0 Å². The van der Waals surface area contributed by atoms with E-state index in [2.05, 4.69) is 52.2 Å². The minimum absolute atomic E-state index is 0.264. The summed E-state index contributed by atoms with van der Waals surface area (Å²) in [5, 5.41) is 6.76. The van der Waals surface area contributed by atoms with Crippen molar-refractivity contribution in [1.29, 1.82) is 0 Å². The van der Waals surface area contributed by atoms with Gasteiger partial charge in [-0.05, 0) is 93.4 Å². The minimum Gasteiger partial charge on any atom is -0.326 e. The van der Waals surface area contributed by atoms with Crippen LogP contribution in [0.3, 0.4) is 0 Å². The lowest BCUT2D eigenvalue weighted by Crippen LogP contribution is -2.29. The van der Waals surface area contributed by atoms with E-state index in [0.29, 0.717) is 12.0 Å². The van der Waals surface area contributed by atoms with Crippen LogP contribution in [0.5, 0.6) is 0 Å². The zero-order valence-corrected chi connectivity index (χ0v) is 18.8. The van der Waals surface area contributed by atoms with Crippen LogP contribution >= 0.6 is 0 Å². The molecule has 0 bridgehead atoms. The summed E-state index contributed by atoms with van der Waals surface area (Å²) in [5.74, 6) is 0.265. The number of hydrogen-bond donors (Lipinski definition) is 2. The maximum absolute atomic E-state index is 13.6. The topological polar surface area (TPSA) is 67.7 Å². The summed E-state index contributed by atoms with van der Waals surface area (Å²) in [7, 11) is 0. The van der Waals surface area contributed by atoms with Crippen LogP contribution in [0.4, 0.5) is 16.0 Å². The molecule has 168 valence electrons. The van der Waals surface area contributed by atoms with Crippen molar-refractivity contribution in [2.24, 2.45) is 0 Å². The summed E-state index contributed by atoms with van der Waals surface area (Å²) in [6, 6.07) is 15.0. The monoisotopic (exact) mass is 442 g/mol. The molecule has 0 amide bonds. The molecular weight excluding hydrogens is 415 g/mol. The third-order valence-corrected chi connectivity index (χ3v) is 5.99. The zero-order chi connectivity index (χ0) is 22.8. The average Bonchev–Trinajstić information content (AvgIpc) is 3.25. The third kappa shape index (κ3) is 4.64. The van der Waals surface area contributed by atoms with E-state index in [1.807, 2.05) is 12.4 Å². The number of benzene rings is 2. The van der Waals surface area contributed by atoms with Crippen LogP contribution in [0.25, 0.3) is 22.6 Å². The number of halogens is 1. The third-order valence-electron chi connectivity index (χ3n) is 5.99. The SMILES string of the molecule is Cc1cc(C)cc(Nc2nccc(-c3c(-c4ccc(F)cc4)ncn3C3CCNCC3)n2)c1. The lowest BCUT2D eigenvalue weighted by Gasteiger charge is -2.25. The molecule has 0 spiro atoms. The molecule has 2 aromatic carbocycles. The molecule has 7 heteroatoms. The highest BCUT2D eigenvalue weighted by Crippen LogP contribution is 2.35. The molecule has 0 radical (unpaired) electrons. The Morgan fingerprint density at radius 3 is 2.42 bits per heavy atom. The molecule has 0 aliphatic carbocycles. The predicted molar refractivity (Wildman–Crippen MR) is 129 cm³/mol. The summed E-state index contributed by atoms with van der Waals surface area (Å²) in [4.78, 5) is 14.0. The molecule has 1 fully saturated rings. The maximum Gasteiger partial charge on any atom is 0.227 e. The number of imidazole rings is 1. The Kier molecular flexibility index (Phi) is 5.88. The van der Waals surface area contributed by atoms with Crippen molar-refractivity contribution in [2.45, 2.75) is 32.7 Å². The van der Waals surface area contributed by atoms with E-state index in [4.69, 9.17) is 9.97 Å². The number of rotatable bonds is 5. The largest absolute Gasteiger partial charge is 0.326 e. The number of anilines is 2. The highest BCUT2D eigenvalue weighted by Gasteiger charge is 2.23. The lowest BCUT2D eigenvalue weighted by atomic mass is 10.0. The molecule has 1 aliphatic heterocycles. The van der Waals surface area contributed by atoms with Crippen LogP contribution in [-0.2, 0) is 0 Å². The van der Waals surface area contributed by atoms with Gasteiger partial charge in [-0.25, -0.2) is 19.3 Å². The van der Waals surface area contributed by atoms with Gasteiger partial charge in [-0.2, -0.15) is 0 Å². The van der Waals surface area contributed by atoms with Crippen LogP contribution in [-0.4, -0.2) is 32.6 Å². The van der Waals surface area contributed by atoms with Crippen LogP contribution < -0.4 is 10.6 Å². The van der Waals surface area contributed by atoms with Gasteiger partial charge < -0.3 is 15.2 Å². The van der Waals surface area contributed by atoms with E-state index in [-0.39, 0.29) is 5.82 Å². The summed E-state index contributed by atoms with van der Waals surface area (Å²) in [5.41, 5.74) is 6.68. The fraction of sp³-hybridized carbons (Fsp3) is 0.269. The van der Waals surface area contributed by atoms with Crippen molar-refractivity contribution in [3.63, 3.8) is 0 Å². The Morgan fingerprint density at radius 1 is 0.970 bits per heavy atom. The van der Waals surface area contributed by atoms with Crippen molar-refractivity contribution in [1.82, 2.24) is 24.8 Å². The Balaban J connectivity index is 1.57. The lowest BCUT2D eigenvalue weighted by molar-refractivity contribution is 0.370. The molecule has 2 aromatic heterocycles. The Hall–Kier alpha value is -3.58. The first-order valence-corrected chi connectivity index (χ1v) is 11.3. The van der Waals surface area contributed by atoms with Crippen LogP contribution in [0, 0.1) is 19.7 Å². The van der Waals surface area contributed by atoms with Crippen LogP contribution in [0.2, 0.25) is 0 Å². The average molecular weight is 443 g/mol. The van der Waals surface area contributed by atoms with Gasteiger partial charge in [0, 0.05) is 23.5 Å². The second kappa shape index (κ2) is 9.11. The van der Waals surface area contributed by atoms with Gasteiger partial charge in [0.2, 0.25) is 5.95 Å². The quantitative estimate of drug-likeness (QED) is 0.431. The van der Waals surface area contributed by atoms with Gasteiger partial charge in [-0.1, -0.05) is 6.07 Å². The summed E-state index contributed by atoms with van der Waals surface area (Å²) in [6.45, 7) is 6.08. The Bertz CT molecular complexity index is 1240. The van der Waals surface area contributed by atoms with Gasteiger partial charge in [-0.15, -0.1) is 0 Å². The Labute approximate surface area is 192 Å². The Morgan fingerprint density at radius 2 is 1.70 bits per heavy atom. The first-order valence-electron chi connectivity index (χ1n) is 11.3. The number of hydrogen-bond acceptors (Lipinski definition) is 5. The van der Waals surface area contributed by atoms with Crippen molar-refractivity contribution in [3.8, 4) is 22.6 Å². The van der Waals surface area contributed by atoms with E-state index in [1.54, 1.807) is 18.3 Å². The first kappa shape index (κ1) is 21.3. The summed E-state index contributed by atoms with van der Waals surface area (Å²) in [6.07, 6.45) is 5.70. The summed E-state index contributed by atoms with van der Waals surface area (Å²) < 4.78 is 15.8. The normalized spacial score (nSPS) is 14.4. The van der Waals surface area contributed by atoms with E-state index < -0.39 is 0 Å². The molecule has 3 heterocycles. The molecule has 6 nitrogen and oxygen atoms in total. The van der Waals surface area contributed by atoms with Crippen LogP contribution in [0.15, 0.2) is 61.1 Å². The van der Waals surface area contributed by atoms with Gasteiger partial charge in [0.25, 0.3) is 0 Å². The number of nitrogens with one attached hydrogen (secondary N) is 2. The van der Waals surface area contributed by atoms with Crippen molar-refractivity contribution in [2.75, 3.05) is 18.4 Å².